The predicted molar refractivity (Wildman–Crippen MR) is 96.4 cm³/mol. The number of hydrogen-bond donors (Lipinski definition) is 1. The zero-order valence-corrected chi connectivity index (χ0v) is 14.8. The fourth-order valence-electron chi connectivity index (χ4n) is 3.55. The summed E-state index contributed by atoms with van der Waals surface area (Å²) in [6.07, 6.45) is -0.0375. The first-order valence-electron chi connectivity index (χ1n) is 8.60. The lowest BCUT2D eigenvalue weighted by Crippen LogP contribution is -2.23. The maximum atomic E-state index is 14.3. The third-order valence-corrected chi connectivity index (χ3v) is 4.80. The van der Waals surface area contributed by atoms with Gasteiger partial charge in [0, 0.05) is 30.9 Å². The summed E-state index contributed by atoms with van der Waals surface area (Å²) in [6, 6.07) is 9.16. The molecule has 0 unspecified atom stereocenters. The number of nitrogens with one attached hydrogen (secondary N) is 1. The second-order valence-electron chi connectivity index (χ2n) is 6.80. The topological polar surface area (TPSA) is 50.5 Å². The van der Waals surface area contributed by atoms with Crippen molar-refractivity contribution in [2.75, 3.05) is 6.54 Å². The number of nitrogens with zero attached hydrogens (tertiary/aromatic N) is 1. The highest BCUT2D eigenvalue weighted by Crippen LogP contribution is 2.35. The van der Waals surface area contributed by atoms with E-state index in [4.69, 9.17) is 6.57 Å². The number of amides is 1. The van der Waals surface area contributed by atoms with Crippen LogP contribution in [0.25, 0.3) is 4.85 Å². The summed E-state index contributed by atoms with van der Waals surface area (Å²) in [7, 11) is 0. The summed E-state index contributed by atoms with van der Waals surface area (Å²) in [5, 5.41) is 2.61. The van der Waals surface area contributed by atoms with Crippen molar-refractivity contribution >= 4 is 17.4 Å². The highest BCUT2D eigenvalue weighted by molar-refractivity contribution is 5.90. The van der Waals surface area contributed by atoms with Crippen LogP contribution >= 0.6 is 0 Å². The minimum atomic E-state index is -0.812. The van der Waals surface area contributed by atoms with Crippen LogP contribution in [-0.4, -0.2) is 18.2 Å². The van der Waals surface area contributed by atoms with Crippen molar-refractivity contribution in [3.05, 3.63) is 76.1 Å². The minimum absolute atomic E-state index is 0.0682. The molecule has 1 fully saturated rings. The zero-order valence-electron chi connectivity index (χ0n) is 14.8. The van der Waals surface area contributed by atoms with Crippen molar-refractivity contribution in [3.63, 3.8) is 0 Å². The van der Waals surface area contributed by atoms with Crippen LogP contribution in [0.15, 0.2) is 36.4 Å². The van der Waals surface area contributed by atoms with E-state index < -0.39 is 23.5 Å². The van der Waals surface area contributed by atoms with E-state index in [0.717, 1.165) is 0 Å². The number of carbonyl (C=O) groups excluding carboxylic acids is 2. The molecule has 3 rings (SSSR count). The fraction of sp³-hybridized carbons (Fsp3) is 0.286. The zero-order chi connectivity index (χ0) is 19.6. The van der Waals surface area contributed by atoms with Crippen molar-refractivity contribution in [1.29, 1.82) is 0 Å². The maximum Gasteiger partial charge on any atom is 0.224 e. The van der Waals surface area contributed by atoms with Gasteiger partial charge in [-0.25, -0.2) is 13.6 Å². The molecule has 138 valence electrons. The van der Waals surface area contributed by atoms with E-state index in [-0.39, 0.29) is 36.6 Å². The highest BCUT2D eigenvalue weighted by Gasteiger charge is 2.39. The van der Waals surface area contributed by atoms with Gasteiger partial charge in [-0.05, 0) is 24.6 Å². The molecule has 1 amide bonds. The van der Waals surface area contributed by atoms with Gasteiger partial charge in [0.1, 0.15) is 17.4 Å². The quantitative estimate of drug-likeness (QED) is 0.815. The molecule has 1 saturated heterocycles. The monoisotopic (exact) mass is 368 g/mol. The Hall–Kier alpha value is -3.07. The summed E-state index contributed by atoms with van der Waals surface area (Å²) in [4.78, 5) is 28.0. The Morgan fingerprint density at radius 1 is 1.26 bits per heavy atom. The number of halogens is 2. The molecular weight excluding hydrogens is 350 g/mol. The molecule has 27 heavy (non-hydrogen) atoms. The predicted octanol–water partition coefficient (Wildman–Crippen LogP) is 3.86. The van der Waals surface area contributed by atoms with Gasteiger partial charge in [0.05, 0.1) is 12.5 Å². The van der Waals surface area contributed by atoms with Crippen LogP contribution in [0.2, 0.25) is 0 Å². The van der Waals surface area contributed by atoms with E-state index in [2.05, 4.69) is 10.2 Å². The molecule has 0 bridgehead atoms. The molecular formula is C21H18F2N2O2. The van der Waals surface area contributed by atoms with Crippen LogP contribution in [0.1, 0.15) is 29.0 Å². The third kappa shape index (κ3) is 4.03. The molecule has 0 spiro atoms. The van der Waals surface area contributed by atoms with E-state index in [1.807, 2.05) is 0 Å². The van der Waals surface area contributed by atoms with E-state index in [1.165, 1.54) is 12.1 Å². The molecule has 4 nitrogen and oxygen atoms in total. The average molecular weight is 368 g/mol. The van der Waals surface area contributed by atoms with Gasteiger partial charge in [0.2, 0.25) is 5.91 Å². The number of hydrogen-bond acceptors (Lipinski definition) is 2. The lowest BCUT2D eigenvalue weighted by molar-refractivity contribution is -0.127. The lowest BCUT2D eigenvalue weighted by Gasteiger charge is -2.18. The van der Waals surface area contributed by atoms with Gasteiger partial charge in [0.15, 0.2) is 5.69 Å². The Bertz CT molecular complexity index is 926. The van der Waals surface area contributed by atoms with Crippen molar-refractivity contribution in [1.82, 2.24) is 5.32 Å². The molecule has 2 aromatic carbocycles. The Morgan fingerprint density at radius 3 is 2.63 bits per heavy atom. The van der Waals surface area contributed by atoms with Gasteiger partial charge < -0.3 is 5.32 Å². The van der Waals surface area contributed by atoms with E-state index in [1.54, 1.807) is 31.2 Å². The van der Waals surface area contributed by atoms with E-state index >= 15 is 0 Å². The number of rotatable bonds is 5. The number of aryl methyl sites for hydroxylation is 1. The van der Waals surface area contributed by atoms with Crippen LogP contribution in [0.4, 0.5) is 14.5 Å². The molecule has 1 aliphatic heterocycles. The first kappa shape index (κ1) is 18.7. The molecule has 1 aliphatic rings. The van der Waals surface area contributed by atoms with Gasteiger partial charge >= 0.3 is 0 Å². The molecule has 0 aliphatic carbocycles. The Balaban J connectivity index is 1.79. The van der Waals surface area contributed by atoms with Crippen molar-refractivity contribution in [3.8, 4) is 0 Å². The second kappa shape index (κ2) is 7.67. The first-order valence-corrected chi connectivity index (χ1v) is 8.60. The normalized spacial score (nSPS) is 18.8. The Kier molecular flexibility index (Phi) is 5.31. The molecule has 1 N–H and O–H groups in total. The van der Waals surface area contributed by atoms with Gasteiger partial charge in [-0.3, -0.25) is 9.59 Å². The Morgan fingerprint density at radius 2 is 1.96 bits per heavy atom. The number of carbonyl (C=O) groups is 2. The molecule has 0 radical (unpaired) electrons. The third-order valence-electron chi connectivity index (χ3n) is 4.80. The van der Waals surface area contributed by atoms with Gasteiger partial charge in [-0.2, -0.15) is 0 Å². The number of benzene rings is 2. The first-order chi connectivity index (χ1) is 12.9. The van der Waals surface area contributed by atoms with Crippen molar-refractivity contribution < 1.29 is 18.4 Å². The van der Waals surface area contributed by atoms with Gasteiger partial charge in [0.25, 0.3) is 0 Å². The fourth-order valence-corrected chi connectivity index (χ4v) is 3.55. The number of ketones is 1. The smallest absolute Gasteiger partial charge is 0.224 e. The molecule has 1 heterocycles. The summed E-state index contributed by atoms with van der Waals surface area (Å²) in [5.74, 6) is -3.52. The van der Waals surface area contributed by atoms with Gasteiger partial charge in [-0.15, -0.1) is 0 Å². The molecule has 2 aromatic rings. The molecule has 0 saturated carbocycles. The number of Topliss-reactive ketones (excluding diaryl/α,β-unsaturated/α-hetero) is 1. The molecule has 2 atom stereocenters. The van der Waals surface area contributed by atoms with Crippen LogP contribution in [0.5, 0.6) is 0 Å². The largest absolute Gasteiger partial charge is 0.355 e. The second-order valence-corrected chi connectivity index (χ2v) is 6.80. The average Bonchev–Trinajstić information content (AvgIpc) is 2.95. The van der Waals surface area contributed by atoms with Crippen LogP contribution in [0, 0.1) is 31.0 Å². The van der Waals surface area contributed by atoms with E-state index in [0.29, 0.717) is 16.8 Å². The van der Waals surface area contributed by atoms with Crippen LogP contribution in [-0.2, 0) is 16.0 Å². The summed E-state index contributed by atoms with van der Waals surface area (Å²) < 4.78 is 28.7. The van der Waals surface area contributed by atoms with Crippen molar-refractivity contribution in [2.24, 2.45) is 5.92 Å². The SMILES string of the molecule is [C-]#[N+]c1cccc(CC(=O)C[C@@H]2C(=O)NC[C@H]2c2c(F)cc(C)cc2F)c1. The summed E-state index contributed by atoms with van der Waals surface area (Å²) in [6.45, 7) is 8.71. The standard InChI is InChI=1S/C21H18F2N2O2/c1-12-6-18(22)20(19(23)7-12)17-11-25-21(27)16(17)10-15(26)9-13-4-3-5-14(8-13)24-2/h3-8,16-17H,9-11H2,1H3,(H,25,27)/t16-,17+/m0/s1. The van der Waals surface area contributed by atoms with Crippen LogP contribution in [0.3, 0.4) is 0 Å². The van der Waals surface area contributed by atoms with Gasteiger partial charge in [-0.1, -0.05) is 29.8 Å². The minimum Gasteiger partial charge on any atom is -0.355 e. The summed E-state index contributed by atoms with van der Waals surface area (Å²) in [5.41, 5.74) is 1.42. The van der Waals surface area contributed by atoms with Crippen LogP contribution < -0.4 is 5.32 Å². The lowest BCUT2D eigenvalue weighted by atomic mass is 9.83. The highest BCUT2D eigenvalue weighted by atomic mass is 19.1. The Labute approximate surface area is 156 Å². The molecule has 6 heteroatoms. The van der Waals surface area contributed by atoms with Crippen molar-refractivity contribution in [2.45, 2.75) is 25.7 Å². The molecule has 0 aromatic heterocycles. The summed E-state index contributed by atoms with van der Waals surface area (Å²) >= 11 is 0. The maximum absolute atomic E-state index is 14.3. The van der Waals surface area contributed by atoms with E-state index in [9.17, 15) is 18.4 Å².